The highest BCUT2D eigenvalue weighted by Gasteiger charge is 2.33. The predicted octanol–water partition coefficient (Wildman–Crippen LogP) is 2.19. The van der Waals surface area contributed by atoms with Crippen molar-refractivity contribution in [3.8, 4) is 0 Å². The fourth-order valence-corrected chi connectivity index (χ4v) is 3.61. The minimum atomic E-state index is 0.441. The zero-order chi connectivity index (χ0) is 12.5. The number of rotatable bonds is 4. The first-order chi connectivity index (χ1) is 8.02. The maximum Gasteiger partial charge on any atom is 0.107 e. The molecule has 0 aliphatic carbocycles. The van der Waals surface area contributed by atoms with Crippen molar-refractivity contribution in [1.82, 2.24) is 15.2 Å². The Morgan fingerprint density at radius 2 is 2.24 bits per heavy atom. The third kappa shape index (κ3) is 3.06. The van der Waals surface area contributed by atoms with Crippen LogP contribution in [0.3, 0.4) is 0 Å². The number of aromatic nitrogens is 1. The average molecular weight is 253 g/mol. The molecule has 3 nitrogen and oxygen atoms in total. The van der Waals surface area contributed by atoms with Gasteiger partial charge >= 0.3 is 0 Å². The van der Waals surface area contributed by atoms with E-state index in [4.69, 9.17) is 0 Å². The van der Waals surface area contributed by atoms with Crippen LogP contribution >= 0.6 is 11.3 Å². The van der Waals surface area contributed by atoms with Gasteiger partial charge in [-0.1, -0.05) is 6.92 Å². The molecule has 1 aliphatic rings. The van der Waals surface area contributed by atoms with Crippen LogP contribution in [0.5, 0.6) is 0 Å². The summed E-state index contributed by atoms with van der Waals surface area (Å²) in [6.45, 7) is 11.2. The minimum absolute atomic E-state index is 0.441. The minimum Gasteiger partial charge on any atom is -0.319 e. The highest BCUT2D eigenvalue weighted by atomic mass is 32.1. The summed E-state index contributed by atoms with van der Waals surface area (Å²) < 4.78 is 0. The van der Waals surface area contributed by atoms with Crippen LogP contribution in [0.25, 0.3) is 0 Å². The first-order valence-corrected chi connectivity index (χ1v) is 7.14. The molecule has 1 saturated heterocycles. The van der Waals surface area contributed by atoms with Gasteiger partial charge in [0.05, 0.1) is 12.2 Å². The van der Waals surface area contributed by atoms with Crippen molar-refractivity contribution in [2.45, 2.75) is 33.7 Å². The Kier molecular flexibility index (Phi) is 3.85. The number of aryl methyl sites for hydroxylation is 2. The van der Waals surface area contributed by atoms with Crippen LogP contribution in [0.4, 0.5) is 0 Å². The Morgan fingerprint density at radius 1 is 1.47 bits per heavy atom. The molecule has 2 heterocycles. The van der Waals surface area contributed by atoms with Crippen molar-refractivity contribution in [3.05, 3.63) is 15.6 Å². The monoisotopic (exact) mass is 253 g/mol. The zero-order valence-corrected chi connectivity index (χ0v) is 12.2. The molecule has 1 aromatic heterocycles. The molecule has 1 fully saturated rings. The number of likely N-dealkylation sites (tertiary alicyclic amines) is 1. The molecule has 0 spiro atoms. The van der Waals surface area contributed by atoms with Crippen LogP contribution < -0.4 is 5.32 Å². The van der Waals surface area contributed by atoms with E-state index in [0.29, 0.717) is 5.41 Å². The number of hydrogen-bond acceptors (Lipinski definition) is 4. The molecule has 0 bridgehead atoms. The molecule has 1 aliphatic heterocycles. The van der Waals surface area contributed by atoms with Crippen LogP contribution in [0.1, 0.15) is 28.9 Å². The van der Waals surface area contributed by atoms with Gasteiger partial charge in [-0.2, -0.15) is 0 Å². The molecule has 2 rings (SSSR count). The molecule has 0 aromatic carbocycles. The van der Waals surface area contributed by atoms with E-state index in [2.05, 4.69) is 36.0 Å². The second-order valence-electron chi connectivity index (χ2n) is 5.55. The lowest BCUT2D eigenvalue weighted by Crippen LogP contribution is -2.32. The molecule has 4 heteroatoms. The first-order valence-electron chi connectivity index (χ1n) is 6.32. The van der Waals surface area contributed by atoms with Gasteiger partial charge in [-0.25, -0.2) is 4.98 Å². The second-order valence-corrected chi connectivity index (χ2v) is 6.84. The molecular weight excluding hydrogens is 230 g/mol. The molecule has 96 valence electrons. The fraction of sp³-hybridized carbons (Fsp3) is 0.769. The van der Waals surface area contributed by atoms with Gasteiger partial charge in [0.25, 0.3) is 0 Å². The maximum absolute atomic E-state index is 4.63. The van der Waals surface area contributed by atoms with E-state index < -0.39 is 0 Å². The third-order valence-electron chi connectivity index (χ3n) is 3.67. The zero-order valence-electron chi connectivity index (χ0n) is 11.3. The lowest BCUT2D eigenvalue weighted by Gasteiger charge is -2.23. The summed E-state index contributed by atoms with van der Waals surface area (Å²) in [5.41, 5.74) is 1.64. The SMILES string of the molecule is CNCC1(C)CCN(Cc2nc(C)c(C)s2)C1. The molecule has 1 N–H and O–H groups in total. The van der Waals surface area contributed by atoms with E-state index in [0.717, 1.165) is 13.1 Å². The van der Waals surface area contributed by atoms with Gasteiger partial charge in [-0.05, 0) is 39.3 Å². The van der Waals surface area contributed by atoms with Crippen LogP contribution in [0, 0.1) is 19.3 Å². The summed E-state index contributed by atoms with van der Waals surface area (Å²) in [6.07, 6.45) is 1.29. The third-order valence-corrected chi connectivity index (χ3v) is 4.73. The summed E-state index contributed by atoms with van der Waals surface area (Å²) >= 11 is 1.85. The van der Waals surface area contributed by atoms with E-state index in [1.54, 1.807) is 0 Å². The van der Waals surface area contributed by atoms with Crippen LogP contribution in [-0.4, -0.2) is 36.6 Å². The number of hydrogen-bond donors (Lipinski definition) is 1. The largest absolute Gasteiger partial charge is 0.319 e. The van der Waals surface area contributed by atoms with E-state index in [1.807, 2.05) is 18.4 Å². The van der Waals surface area contributed by atoms with Crippen molar-refractivity contribution in [3.63, 3.8) is 0 Å². The highest BCUT2D eigenvalue weighted by molar-refractivity contribution is 7.11. The van der Waals surface area contributed by atoms with Gasteiger partial charge in [-0.15, -0.1) is 11.3 Å². The van der Waals surface area contributed by atoms with E-state index in [-0.39, 0.29) is 0 Å². The molecule has 0 amide bonds. The second kappa shape index (κ2) is 5.04. The van der Waals surface area contributed by atoms with Crippen molar-refractivity contribution >= 4 is 11.3 Å². The Balaban J connectivity index is 1.93. The van der Waals surface area contributed by atoms with Crippen molar-refractivity contribution in [2.75, 3.05) is 26.7 Å². The van der Waals surface area contributed by atoms with E-state index in [1.165, 1.54) is 35.1 Å². The van der Waals surface area contributed by atoms with Crippen LogP contribution in [-0.2, 0) is 6.54 Å². The van der Waals surface area contributed by atoms with Crippen molar-refractivity contribution in [2.24, 2.45) is 5.41 Å². The van der Waals surface area contributed by atoms with Crippen molar-refractivity contribution < 1.29 is 0 Å². The van der Waals surface area contributed by atoms with Gasteiger partial charge in [0.1, 0.15) is 5.01 Å². The standard InChI is InChI=1S/C13H23N3S/c1-10-11(2)17-12(15-10)7-16-6-5-13(3,9-16)8-14-4/h14H,5-9H2,1-4H3. The smallest absolute Gasteiger partial charge is 0.107 e. The lowest BCUT2D eigenvalue weighted by atomic mass is 9.90. The van der Waals surface area contributed by atoms with Crippen LogP contribution in [0.2, 0.25) is 0 Å². The lowest BCUT2D eigenvalue weighted by molar-refractivity contribution is 0.265. The Hall–Kier alpha value is -0.450. The number of thiazole rings is 1. The molecule has 0 radical (unpaired) electrons. The predicted molar refractivity (Wildman–Crippen MR) is 73.5 cm³/mol. The van der Waals surface area contributed by atoms with E-state index >= 15 is 0 Å². The summed E-state index contributed by atoms with van der Waals surface area (Å²) in [5.74, 6) is 0. The molecule has 0 saturated carbocycles. The van der Waals surface area contributed by atoms with Crippen LogP contribution in [0.15, 0.2) is 0 Å². The average Bonchev–Trinajstić information content (AvgIpc) is 2.73. The van der Waals surface area contributed by atoms with E-state index in [9.17, 15) is 0 Å². The summed E-state index contributed by atoms with van der Waals surface area (Å²) in [6, 6.07) is 0. The van der Waals surface area contributed by atoms with Gasteiger partial charge in [0.2, 0.25) is 0 Å². The normalized spacial score (nSPS) is 25.6. The van der Waals surface area contributed by atoms with Gasteiger partial charge in [0.15, 0.2) is 0 Å². The summed E-state index contributed by atoms with van der Waals surface area (Å²) in [4.78, 5) is 8.52. The van der Waals surface area contributed by atoms with Gasteiger partial charge in [0, 0.05) is 18.0 Å². The quantitative estimate of drug-likeness (QED) is 0.891. The molecule has 17 heavy (non-hydrogen) atoms. The summed E-state index contributed by atoms with van der Waals surface area (Å²) in [7, 11) is 2.04. The molecule has 1 atom stereocenters. The number of nitrogens with zero attached hydrogens (tertiary/aromatic N) is 2. The molecule has 1 unspecified atom stereocenters. The van der Waals surface area contributed by atoms with Gasteiger partial charge in [-0.3, -0.25) is 4.90 Å². The number of nitrogens with one attached hydrogen (secondary N) is 1. The maximum atomic E-state index is 4.63. The van der Waals surface area contributed by atoms with Crippen molar-refractivity contribution in [1.29, 1.82) is 0 Å². The fourth-order valence-electron chi connectivity index (χ4n) is 2.63. The molecule has 1 aromatic rings. The first kappa shape index (κ1) is 13.0. The Morgan fingerprint density at radius 3 is 2.82 bits per heavy atom. The molecular formula is C13H23N3S. The highest BCUT2D eigenvalue weighted by Crippen LogP contribution is 2.30. The summed E-state index contributed by atoms with van der Waals surface area (Å²) in [5, 5.41) is 4.58. The topological polar surface area (TPSA) is 28.2 Å². The van der Waals surface area contributed by atoms with Gasteiger partial charge < -0.3 is 5.32 Å². The Labute approximate surface area is 108 Å². The Bertz CT molecular complexity index is 369.